The summed E-state index contributed by atoms with van der Waals surface area (Å²) in [5, 5.41) is 14.9. The topological polar surface area (TPSA) is 75.4 Å². The molecule has 1 heterocycles. The van der Waals surface area contributed by atoms with Gasteiger partial charge in [0.05, 0.1) is 6.10 Å². The van der Waals surface area contributed by atoms with Gasteiger partial charge in [-0.1, -0.05) is 0 Å². The van der Waals surface area contributed by atoms with Gasteiger partial charge in [0.15, 0.2) is 5.54 Å². The summed E-state index contributed by atoms with van der Waals surface area (Å²) in [6.45, 7) is 0.262. The highest BCUT2D eigenvalue weighted by molar-refractivity contribution is 7.07. The highest BCUT2D eigenvalue weighted by Crippen LogP contribution is 2.28. The molecule has 8 heteroatoms. The average Bonchev–Trinajstić information content (AvgIpc) is 2.76. The number of aliphatic hydroxyl groups is 1. The Labute approximate surface area is 106 Å². The third kappa shape index (κ3) is 3.21. The normalized spacial score (nSPS) is 17.0. The van der Waals surface area contributed by atoms with E-state index in [9.17, 15) is 23.1 Å². The number of alkyl halides is 3. The molecule has 0 aromatic carbocycles. The predicted octanol–water partition coefficient (Wildman–Crippen LogP) is 1.18. The van der Waals surface area contributed by atoms with E-state index in [4.69, 9.17) is 5.73 Å². The van der Waals surface area contributed by atoms with E-state index >= 15 is 0 Å². The molecular formula is C10H13F3N2O2S. The van der Waals surface area contributed by atoms with Gasteiger partial charge >= 0.3 is 6.18 Å². The maximum atomic E-state index is 12.4. The first kappa shape index (κ1) is 14.9. The molecule has 2 atom stereocenters. The third-order valence-corrected chi connectivity index (χ3v) is 3.15. The number of hydrogen-bond donors (Lipinski definition) is 3. The molecule has 2 unspecified atom stereocenters. The van der Waals surface area contributed by atoms with E-state index in [1.807, 2.05) is 5.32 Å². The molecule has 0 saturated heterocycles. The van der Waals surface area contributed by atoms with Crippen molar-refractivity contribution in [2.24, 2.45) is 5.73 Å². The van der Waals surface area contributed by atoms with Crippen LogP contribution >= 0.6 is 11.3 Å². The van der Waals surface area contributed by atoms with Crippen molar-refractivity contribution in [3.63, 3.8) is 0 Å². The van der Waals surface area contributed by atoms with Crippen LogP contribution in [-0.4, -0.2) is 29.3 Å². The Bertz CT molecular complexity index is 404. The molecule has 0 bridgehead atoms. The van der Waals surface area contributed by atoms with Crippen molar-refractivity contribution in [3.8, 4) is 0 Å². The number of nitrogens with two attached hydrogens (primary N) is 1. The molecule has 18 heavy (non-hydrogen) atoms. The number of rotatable bonds is 4. The van der Waals surface area contributed by atoms with Crippen LogP contribution in [0.15, 0.2) is 16.8 Å². The minimum absolute atomic E-state index is 0.321. The van der Waals surface area contributed by atoms with Gasteiger partial charge in [0.1, 0.15) is 0 Å². The summed E-state index contributed by atoms with van der Waals surface area (Å²) in [4.78, 5) is 11.3. The molecule has 4 nitrogen and oxygen atoms in total. The Balaban J connectivity index is 2.57. The minimum Gasteiger partial charge on any atom is -0.387 e. The first-order valence-corrected chi connectivity index (χ1v) is 5.94. The summed E-state index contributed by atoms with van der Waals surface area (Å²) < 4.78 is 37.3. The van der Waals surface area contributed by atoms with Crippen LogP contribution in [-0.2, 0) is 4.79 Å². The van der Waals surface area contributed by atoms with Gasteiger partial charge in [-0.05, 0) is 29.3 Å². The Morgan fingerprint density at radius 3 is 2.67 bits per heavy atom. The number of halogens is 3. The van der Waals surface area contributed by atoms with Gasteiger partial charge in [-0.25, -0.2) is 0 Å². The molecule has 0 spiro atoms. The molecule has 1 rings (SSSR count). The SMILES string of the molecule is CC(N)(C(=O)NCC(O)c1ccsc1)C(F)(F)F. The van der Waals surface area contributed by atoms with Crippen LogP contribution in [0.5, 0.6) is 0 Å². The fraction of sp³-hybridized carbons (Fsp3) is 0.500. The third-order valence-electron chi connectivity index (χ3n) is 2.44. The van der Waals surface area contributed by atoms with Gasteiger partial charge in [-0.2, -0.15) is 24.5 Å². The number of hydrogen-bond acceptors (Lipinski definition) is 4. The number of aliphatic hydroxyl groups excluding tert-OH is 1. The lowest BCUT2D eigenvalue weighted by atomic mass is 10.0. The maximum Gasteiger partial charge on any atom is 0.415 e. The molecule has 0 aliphatic rings. The molecule has 0 radical (unpaired) electrons. The van der Waals surface area contributed by atoms with Gasteiger partial charge in [0, 0.05) is 6.54 Å². The van der Waals surface area contributed by atoms with Crippen molar-refractivity contribution in [1.29, 1.82) is 0 Å². The quantitative estimate of drug-likeness (QED) is 0.776. The van der Waals surface area contributed by atoms with Crippen molar-refractivity contribution >= 4 is 17.2 Å². The minimum atomic E-state index is -4.84. The Morgan fingerprint density at radius 1 is 1.61 bits per heavy atom. The summed E-state index contributed by atoms with van der Waals surface area (Å²) in [6, 6.07) is 1.62. The summed E-state index contributed by atoms with van der Waals surface area (Å²) in [5.41, 5.74) is 2.49. The summed E-state index contributed by atoms with van der Waals surface area (Å²) in [7, 11) is 0. The highest BCUT2D eigenvalue weighted by atomic mass is 32.1. The first-order chi connectivity index (χ1) is 8.16. The molecular weight excluding hydrogens is 269 g/mol. The Kier molecular flexibility index (Phi) is 4.36. The average molecular weight is 282 g/mol. The van der Waals surface area contributed by atoms with E-state index in [1.54, 1.807) is 16.8 Å². The smallest absolute Gasteiger partial charge is 0.387 e. The zero-order valence-electron chi connectivity index (χ0n) is 9.49. The Morgan fingerprint density at radius 2 is 2.22 bits per heavy atom. The fourth-order valence-electron chi connectivity index (χ4n) is 1.08. The molecule has 0 saturated carbocycles. The van der Waals surface area contributed by atoms with Crippen LogP contribution in [0.3, 0.4) is 0 Å². The second-order valence-corrected chi connectivity index (χ2v) is 4.76. The standard InChI is InChI=1S/C10H13F3N2O2S/c1-9(14,10(11,12)13)8(17)15-4-7(16)6-2-3-18-5-6/h2-3,5,7,16H,4,14H2,1H3,(H,15,17). The fourth-order valence-corrected chi connectivity index (χ4v) is 1.79. The summed E-state index contributed by atoms with van der Waals surface area (Å²) in [5.74, 6) is -1.37. The van der Waals surface area contributed by atoms with Crippen LogP contribution in [0.4, 0.5) is 13.2 Å². The molecule has 1 aromatic heterocycles. The molecule has 1 amide bonds. The van der Waals surface area contributed by atoms with E-state index in [0.717, 1.165) is 0 Å². The highest BCUT2D eigenvalue weighted by Gasteiger charge is 2.53. The van der Waals surface area contributed by atoms with E-state index in [0.29, 0.717) is 12.5 Å². The van der Waals surface area contributed by atoms with Crippen molar-refractivity contribution in [2.75, 3.05) is 6.54 Å². The maximum absolute atomic E-state index is 12.4. The second-order valence-electron chi connectivity index (χ2n) is 3.98. The van der Waals surface area contributed by atoms with Crippen LogP contribution < -0.4 is 11.1 Å². The van der Waals surface area contributed by atoms with Crippen molar-refractivity contribution in [3.05, 3.63) is 22.4 Å². The zero-order chi connectivity index (χ0) is 14.0. The van der Waals surface area contributed by atoms with Crippen LogP contribution in [0.25, 0.3) is 0 Å². The monoisotopic (exact) mass is 282 g/mol. The van der Waals surface area contributed by atoms with Crippen LogP contribution in [0.2, 0.25) is 0 Å². The molecule has 1 aromatic rings. The van der Waals surface area contributed by atoms with Gasteiger partial charge in [-0.15, -0.1) is 0 Å². The molecule has 102 valence electrons. The van der Waals surface area contributed by atoms with E-state index in [1.165, 1.54) is 11.3 Å². The second kappa shape index (κ2) is 5.25. The van der Waals surface area contributed by atoms with Crippen LogP contribution in [0.1, 0.15) is 18.6 Å². The number of carbonyl (C=O) groups is 1. The lowest BCUT2D eigenvalue weighted by molar-refractivity contribution is -0.187. The van der Waals surface area contributed by atoms with Gasteiger partial charge in [0.2, 0.25) is 5.91 Å². The Hall–Kier alpha value is -1.12. The number of thiophene rings is 1. The lowest BCUT2D eigenvalue weighted by Gasteiger charge is -2.26. The molecule has 0 aliphatic heterocycles. The van der Waals surface area contributed by atoms with Crippen LogP contribution in [0, 0.1) is 0 Å². The molecule has 4 N–H and O–H groups in total. The summed E-state index contributed by atoms with van der Waals surface area (Å²) >= 11 is 1.33. The largest absolute Gasteiger partial charge is 0.415 e. The van der Waals surface area contributed by atoms with E-state index < -0.39 is 23.7 Å². The summed E-state index contributed by atoms with van der Waals surface area (Å²) in [6.07, 6.45) is -5.89. The van der Waals surface area contributed by atoms with Crippen molar-refractivity contribution in [1.82, 2.24) is 5.32 Å². The first-order valence-electron chi connectivity index (χ1n) is 5.00. The molecule has 0 aliphatic carbocycles. The van der Waals surface area contributed by atoms with Crippen molar-refractivity contribution in [2.45, 2.75) is 24.7 Å². The van der Waals surface area contributed by atoms with E-state index in [2.05, 4.69) is 0 Å². The number of nitrogens with one attached hydrogen (secondary N) is 1. The molecule has 0 fully saturated rings. The zero-order valence-corrected chi connectivity index (χ0v) is 10.3. The van der Waals surface area contributed by atoms with Crippen molar-refractivity contribution < 1.29 is 23.1 Å². The predicted molar refractivity (Wildman–Crippen MR) is 60.9 cm³/mol. The van der Waals surface area contributed by atoms with Gasteiger partial charge < -0.3 is 16.2 Å². The number of amides is 1. The number of carbonyl (C=O) groups excluding carboxylic acids is 1. The van der Waals surface area contributed by atoms with Gasteiger partial charge in [0.25, 0.3) is 0 Å². The van der Waals surface area contributed by atoms with E-state index in [-0.39, 0.29) is 6.54 Å². The lowest BCUT2D eigenvalue weighted by Crippen LogP contribution is -2.61. The van der Waals surface area contributed by atoms with Gasteiger partial charge in [-0.3, -0.25) is 4.79 Å².